The molecule has 0 bridgehead atoms. The van der Waals surface area contributed by atoms with E-state index < -0.39 is 17.7 Å². The zero-order chi connectivity index (χ0) is 22.0. The molecule has 4 rings (SSSR count). The van der Waals surface area contributed by atoms with Crippen LogP contribution in [0.5, 0.6) is 0 Å². The number of hydrogen-bond donors (Lipinski definition) is 0. The third kappa shape index (κ3) is 4.47. The van der Waals surface area contributed by atoms with Crippen LogP contribution in [0.25, 0.3) is 5.65 Å². The molecule has 31 heavy (non-hydrogen) atoms. The highest BCUT2D eigenvalue weighted by molar-refractivity contribution is 5.94. The van der Waals surface area contributed by atoms with Gasteiger partial charge in [0.15, 0.2) is 0 Å². The van der Waals surface area contributed by atoms with Crippen molar-refractivity contribution in [2.24, 2.45) is 5.92 Å². The molecule has 1 unspecified atom stereocenters. The van der Waals surface area contributed by atoms with E-state index in [1.54, 1.807) is 11.0 Å². The summed E-state index contributed by atoms with van der Waals surface area (Å²) in [7, 11) is 0. The molecule has 0 spiro atoms. The summed E-state index contributed by atoms with van der Waals surface area (Å²) in [6.45, 7) is 2.48. The van der Waals surface area contributed by atoms with E-state index in [9.17, 15) is 18.8 Å². The number of fused-ring (bicyclic) bond motifs is 1. The molecule has 8 heteroatoms. The van der Waals surface area contributed by atoms with Crippen molar-refractivity contribution in [3.05, 3.63) is 81.7 Å². The Kier molecular flexibility index (Phi) is 5.79. The summed E-state index contributed by atoms with van der Waals surface area (Å²) in [5.74, 6) is -1.53. The van der Waals surface area contributed by atoms with Gasteiger partial charge in [0.1, 0.15) is 18.1 Å². The van der Waals surface area contributed by atoms with Gasteiger partial charge in [0.2, 0.25) is 0 Å². The van der Waals surface area contributed by atoms with E-state index in [-0.39, 0.29) is 24.6 Å². The normalized spacial score (nSPS) is 16.3. The van der Waals surface area contributed by atoms with Crippen LogP contribution in [0.3, 0.4) is 0 Å². The van der Waals surface area contributed by atoms with Gasteiger partial charge in [-0.2, -0.15) is 0 Å². The molecule has 1 aliphatic heterocycles. The third-order valence-corrected chi connectivity index (χ3v) is 5.43. The van der Waals surface area contributed by atoms with Crippen molar-refractivity contribution in [1.82, 2.24) is 14.3 Å². The minimum absolute atomic E-state index is 0.110. The lowest BCUT2D eigenvalue weighted by molar-refractivity contribution is -0.151. The number of pyridine rings is 1. The summed E-state index contributed by atoms with van der Waals surface area (Å²) in [6.07, 6.45) is 1.28. The molecule has 1 fully saturated rings. The molecule has 3 aromatic rings. The molecule has 1 amide bonds. The van der Waals surface area contributed by atoms with E-state index in [0.717, 1.165) is 5.69 Å². The molecule has 3 heterocycles. The van der Waals surface area contributed by atoms with Crippen molar-refractivity contribution < 1.29 is 18.7 Å². The number of halogens is 1. The number of rotatable bonds is 4. The summed E-state index contributed by atoms with van der Waals surface area (Å²) in [5, 5.41) is 0. The van der Waals surface area contributed by atoms with E-state index in [4.69, 9.17) is 4.74 Å². The molecule has 1 aliphatic rings. The molecule has 1 aromatic carbocycles. The number of carbonyl (C=O) groups is 2. The van der Waals surface area contributed by atoms with E-state index in [0.29, 0.717) is 36.3 Å². The monoisotopic (exact) mass is 423 g/mol. The van der Waals surface area contributed by atoms with Crippen molar-refractivity contribution in [2.75, 3.05) is 13.1 Å². The van der Waals surface area contributed by atoms with E-state index >= 15 is 0 Å². The van der Waals surface area contributed by atoms with Crippen molar-refractivity contribution in [1.29, 1.82) is 0 Å². The van der Waals surface area contributed by atoms with Gasteiger partial charge in [0.05, 0.1) is 11.6 Å². The number of aryl methyl sites for hydroxylation is 1. The molecule has 1 saturated heterocycles. The first kappa shape index (κ1) is 20.7. The van der Waals surface area contributed by atoms with Gasteiger partial charge in [0.25, 0.3) is 11.5 Å². The van der Waals surface area contributed by atoms with Gasteiger partial charge >= 0.3 is 5.97 Å². The van der Waals surface area contributed by atoms with Crippen LogP contribution in [-0.2, 0) is 16.1 Å². The average molecular weight is 423 g/mol. The highest BCUT2D eigenvalue weighted by atomic mass is 19.1. The second kappa shape index (κ2) is 8.67. The van der Waals surface area contributed by atoms with Crippen molar-refractivity contribution in [3.63, 3.8) is 0 Å². The summed E-state index contributed by atoms with van der Waals surface area (Å²) in [6, 6.07) is 12.1. The highest BCUT2D eigenvalue weighted by Gasteiger charge is 2.30. The summed E-state index contributed by atoms with van der Waals surface area (Å²) >= 11 is 0. The Balaban J connectivity index is 1.40. The fourth-order valence-electron chi connectivity index (χ4n) is 3.83. The Hall–Kier alpha value is -3.55. The molecule has 2 aromatic heterocycles. The first-order valence-corrected chi connectivity index (χ1v) is 10.1. The highest BCUT2D eigenvalue weighted by Crippen LogP contribution is 2.20. The second-order valence-electron chi connectivity index (χ2n) is 7.65. The smallest absolute Gasteiger partial charge is 0.311 e. The number of esters is 1. The van der Waals surface area contributed by atoms with Gasteiger partial charge < -0.3 is 9.64 Å². The van der Waals surface area contributed by atoms with Gasteiger partial charge in [-0.15, -0.1) is 0 Å². The number of piperidine rings is 1. The first-order valence-electron chi connectivity index (χ1n) is 10.1. The maximum atomic E-state index is 13.1. The third-order valence-electron chi connectivity index (χ3n) is 5.43. The number of ether oxygens (including phenoxy) is 1. The fraction of sp³-hybridized carbons (Fsp3) is 0.304. The van der Waals surface area contributed by atoms with Gasteiger partial charge in [0, 0.05) is 30.4 Å². The SMILES string of the molecule is Cc1cccc2nc(COC(=O)C3CCCN(C(=O)c4ccc(F)cc4)C3)cc(=O)n12. The summed E-state index contributed by atoms with van der Waals surface area (Å²) in [5.41, 5.74) is 1.78. The predicted molar refractivity (Wildman–Crippen MR) is 111 cm³/mol. The van der Waals surface area contributed by atoms with Crippen LogP contribution in [0.15, 0.2) is 53.3 Å². The van der Waals surface area contributed by atoms with Gasteiger partial charge in [-0.25, -0.2) is 9.37 Å². The molecule has 0 aliphatic carbocycles. The number of amides is 1. The molecule has 0 saturated carbocycles. The van der Waals surface area contributed by atoms with Crippen molar-refractivity contribution >= 4 is 17.5 Å². The largest absolute Gasteiger partial charge is 0.459 e. The molecular formula is C23H22FN3O4. The van der Waals surface area contributed by atoms with Gasteiger partial charge in [-0.05, 0) is 56.2 Å². The molecule has 0 N–H and O–H groups in total. The number of benzene rings is 1. The van der Waals surface area contributed by atoms with Gasteiger partial charge in [-0.1, -0.05) is 6.07 Å². The molecule has 160 valence electrons. The average Bonchev–Trinajstić information content (AvgIpc) is 2.77. The number of likely N-dealkylation sites (tertiary alicyclic amines) is 1. The van der Waals surface area contributed by atoms with Crippen LogP contribution in [0.1, 0.15) is 34.6 Å². The van der Waals surface area contributed by atoms with Crippen LogP contribution in [0.2, 0.25) is 0 Å². The minimum Gasteiger partial charge on any atom is -0.459 e. The van der Waals surface area contributed by atoms with E-state index in [1.165, 1.54) is 34.7 Å². The number of carbonyl (C=O) groups excluding carboxylic acids is 2. The molecular weight excluding hydrogens is 401 g/mol. The Morgan fingerprint density at radius 3 is 2.74 bits per heavy atom. The lowest BCUT2D eigenvalue weighted by atomic mass is 9.97. The Bertz CT molecular complexity index is 1190. The number of hydrogen-bond acceptors (Lipinski definition) is 5. The van der Waals surface area contributed by atoms with Crippen LogP contribution < -0.4 is 5.56 Å². The Morgan fingerprint density at radius 1 is 1.19 bits per heavy atom. The maximum Gasteiger partial charge on any atom is 0.311 e. The molecule has 1 atom stereocenters. The maximum absolute atomic E-state index is 13.1. The molecule has 7 nitrogen and oxygen atoms in total. The summed E-state index contributed by atoms with van der Waals surface area (Å²) < 4.78 is 20.0. The number of nitrogens with zero attached hydrogens (tertiary/aromatic N) is 3. The fourth-order valence-corrected chi connectivity index (χ4v) is 3.83. The zero-order valence-corrected chi connectivity index (χ0v) is 17.1. The predicted octanol–water partition coefficient (Wildman–Crippen LogP) is 2.74. The zero-order valence-electron chi connectivity index (χ0n) is 17.1. The van der Waals surface area contributed by atoms with Crippen LogP contribution in [-0.4, -0.2) is 39.3 Å². The molecule has 0 radical (unpaired) electrons. The van der Waals surface area contributed by atoms with Crippen LogP contribution in [0, 0.1) is 18.7 Å². The van der Waals surface area contributed by atoms with Crippen LogP contribution >= 0.6 is 0 Å². The van der Waals surface area contributed by atoms with Crippen molar-refractivity contribution in [3.8, 4) is 0 Å². The second-order valence-corrected chi connectivity index (χ2v) is 7.65. The number of aromatic nitrogens is 2. The quantitative estimate of drug-likeness (QED) is 0.603. The lowest BCUT2D eigenvalue weighted by Crippen LogP contribution is -2.42. The van der Waals surface area contributed by atoms with Crippen molar-refractivity contribution in [2.45, 2.75) is 26.4 Å². The summed E-state index contributed by atoms with van der Waals surface area (Å²) in [4.78, 5) is 43.6. The first-order chi connectivity index (χ1) is 14.9. The van der Waals surface area contributed by atoms with E-state index in [1.807, 2.05) is 19.1 Å². The van der Waals surface area contributed by atoms with Crippen LogP contribution in [0.4, 0.5) is 4.39 Å². The lowest BCUT2D eigenvalue weighted by Gasteiger charge is -2.31. The topological polar surface area (TPSA) is 81.0 Å². The Morgan fingerprint density at radius 2 is 1.97 bits per heavy atom. The van der Waals surface area contributed by atoms with E-state index in [2.05, 4.69) is 4.98 Å². The standard InChI is InChI=1S/C23H22FN3O4/c1-15-4-2-6-20-25-19(12-21(28)27(15)20)14-31-23(30)17-5-3-11-26(13-17)22(29)16-7-9-18(24)10-8-16/h2,4,6-10,12,17H,3,5,11,13-14H2,1H3. The minimum atomic E-state index is -0.457. The Labute approximate surface area is 178 Å². The van der Waals surface area contributed by atoms with Gasteiger partial charge in [-0.3, -0.25) is 18.8 Å².